The first kappa shape index (κ1) is 30.7. The zero-order valence-corrected chi connectivity index (χ0v) is 28.5. The fourth-order valence-corrected chi connectivity index (χ4v) is 4.53. The van der Waals surface area contributed by atoms with E-state index in [1.807, 2.05) is 0 Å². The van der Waals surface area contributed by atoms with Gasteiger partial charge in [0.25, 0.3) is 5.92 Å². The molecule has 5 rings (SSSR count). The van der Waals surface area contributed by atoms with Crippen molar-refractivity contribution in [3.05, 3.63) is 132 Å². The van der Waals surface area contributed by atoms with Crippen molar-refractivity contribution >= 4 is 22.5 Å². The molecule has 5 nitrogen and oxygen atoms in total. The van der Waals surface area contributed by atoms with Gasteiger partial charge in [0.15, 0.2) is 5.60 Å². The topological polar surface area (TPSA) is 65.0 Å². The van der Waals surface area contributed by atoms with Crippen LogP contribution in [0.4, 0.5) is 8.78 Å². The van der Waals surface area contributed by atoms with Gasteiger partial charge in [0, 0.05) is 18.7 Å². The molecule has 1 unspecified atom stereocenters. The SMILES string of the molecule is Cn1c#[n+]cc1C(O)(c1ccc2n[c-]c(Cc3ccc(C(C)(F)F)cc3)c(Cl)c2c1)c1ccccn1.[CH3-].[Cs+]. The van der Waals surface area contributed by atoms with Crippen molar-refractivity contribution in [1.29, 1.82) is 0 Å². The third-order valence-electron chi connectivity index (χ3n) is 6.23. The van der Waals surface area contributed by atoms with Crippen molar-refractivity contribution in [2.45, 2.75) is 24.9 Å². The van der Waals surface area contributed by atoms with Crippen LogP contribution in [0.25, 0.3) is 10.9 Å². The van der Waals surface area contributed by atoms with Crippen molar-refractivity contribution < 1.29 is 87.8 Å². The molecule has 9 heteroatoms. The summed E-state index contributed by atoms with van der Waals surface area (Å²) in [7, 11) is 1.75. The smallest absolute Gasteiger partial charge is 0.386 e. The zero-order chi connectivity index (χ0) is 25.5. The summed E-state index contributed by atoms with van der Waals surface area (Å²) >= 11 is 6.81. The van der Waals surface area contributed by atoms with E-state index < -0.39 is 11.5 Å². The molecule has 0 aliphatic heterocycles. The Morgan fingerprint density at radius 3 is 2.42 bits per heavy atom. The number of aromatic nitrogens is 4. The second-order valence-corrected chi connectivity index (χ2v) is 9.12. The normalized spacial score (nSPS) is 12.7. The molecule has 3 heterocycles. The molecule has 0 aliphatic carbocycles. The van der Waals surface area contributed by atoms with E-state index in [0.717, 1.165) is 12.5 Å². The number of halogens is 3. The Morgan fingerprint density at radius 1 is 1.11 bits per heavy atom. The Kier molecular flexibility index (Phi) is 9.83. The van der Waals surface area contributed by atoms with Crippen molar-refractivity contribution in [2.24, 2.45) is 7.05 Å². The van der Waals surface area contributed by atoms with Crippen LogP contribution in [-0.4, -0.2) is 19.6 Å². The Morgan fingerprint density at radius 2 is 1.82 bits per heavy atom. The molecule has 0 radical (unpaired) electrons. The maximum Gasteiger partial charge on any atom is 1.00 e. The minimum absolute atomic E-state index is 0. The van der Waals surface area contributed by atoms with E-state index in [1.54, 1.807) is 72.5 Å². The van der Waals surface area contributed by atoms with Gasteiger partial charge in [0.05, 0.1) is 12.7 Å². The molecule has 0 aliphatic rings. The molecule has 1 atom stereocenters. The van der Waals surface area contributed by atoms with Crippen LogP contribution < -0.4 is 73.9 Å². The standard InChI is InChI=1S/C28H21ClF2N4O.CH3.Cs/c1-27(30,31)20-8-6-18(7-9-20)13-19-15-34-23-11-10-21(14-22(23)26(19)29)28(36,24-5-3-4-12-33-24)25-16-32-17-35(25)2;;/h3-12,14,16,36H,13H2,1-2H3;1H3;/q;-1;+1. The van der Waals surface area contributed by atoms with Gasteiger partial charge in [-0.05, 0) is 35.2 Å². The third kappa shape index (κ3) is 5.86. The molecular formula is C29H24ClCsF2N4O. The largest absolute Gasteiger partial charge is 1.00 e. The molecule has 2 aromatic carbocycles. The van der Waals surface area contributed by atoms with Crippen LogP contribution >= 0.6 is 11.6 Å². The second kappa shape index (κ2) is 12.1. The summed E-state index contributed by atoms with van der Waals surface area (Å²) in [6, 6.07) is 16.8. The van der Waals surface area contributed by atoms with Crippen molar-refractivity contribution in [1.82, 2.24) is 14.5 Å². The first-order chi connectivity index (χ1) is 17.2. The minimum Gasteiger partial charge on any atom is -0.386 e. The number of hydrogen-bond donors (Lipinski definition) is 1. The van der Waals surface area contributed by atoms with Crippen LogP contribution in [0, 0.1) is 20.0 Å². The summed E-state index contributed by atoms with van der Waals surface area (Å²) in [5.41, 5.74) is 1.78. The van der Waals surface area contributed by atoms with E-state index in [-0.39, 0.29) is 81.9 Å². The molecule has 38 heavy (non-hydrogen) atoms. The molecule has 3 aromatic heterocycles. The van der Waals surface area contributed by atoms with E-state index in [4.69, 9.17) is 11.6 Å². The summed E-state index contributed by atoms with van der Waals surface area (Å²) in [6.45, 7) is 0.868. The van der Waals surface area contributed by atoms with Crippen LogP contribution in [0.1, 0.15) is 40.6 Å². The zero-order valence-electron chi connectivity index (χ0n) is 21.5. The van der Waals surface area contributed by atoms with Crippen LogP contribution in [0.5, 0.6) is 0 Å². The minimum atomic E-state index is -2.90. The number of alkyl halides is 2. The van der Waals surface area contributed by atoms with Gasteiger partial charge in [0.2, 0.25) is 11.9 Å². The molecule has 0 fully saturated rings. The average Bonchev–Trinajstić information content (AvgIpc) is 3.32. The predicted octanol–water partition coefficient (Wildman–Crippen LogP) is 2.26. The van der Waals surface area contributed by atoms with Gasteiger partial charge in [-0.1, -0.05) is 65.1 Å². The summed E-state index contributed by atoms with van der Waals surface area (Å²) in [6.07, 6.45) is 9.30. The van der Waals surface area contributed by atoms with Crippen LogP contribution in [0.3, 0.4) is 0 Å². The molecule has 0 saturated heterocycles. The third-order valence-corrected chi connectivity index (χ3v) is 6.66. The molecule has 1 N–H and O–H groups in total. The predicted molar refractivity (Wildman–Crippen MR) is 137 cm³/mol. The summed E-state index contributed by atoms with van der Waals surface area (Å²) in [4.78, 5) is 12.9. The van der Waals surface area contributed by atoms with E-state index in [0.29, 0.717) is 44.9 Å². The molecule has 5 aromatic rings. The molecule has 188 valence electrons. The maximum absolute atomic E-state index is 13.6. The number of fused-ring (bicyclic) bond motifs is 1. The Labute approximate surface area is 284 Å². The van der Waals surface area contributed by atoms with E-state index in [9.17, 15) is 13.9 Å². The number of rotatable bonds is 6. The van der Waals surface area contributed by atoms with Crippen molar-refractivity contribution in [2.75, 3.05) is 0 Å². The van der Waals surface area contributed by atoms with Gasteiger partial charge in [-0.2, -0.15) is 21.2 Å². The van der Waals surface area contributed by atoms with Crippen molar-refractivity contribution in [3.63, 3.8) is 0 Å². The van der Waals surface area contributed by atoms with Gasteiger partial charge < -0.3 is 17.5 Å². The average molecular weight is 651 g/mol. The van der Waals surface area contributed by atoms with Crippen LogP contribution in [0.15, 0.2) is 73.1 Å². The van der Waals surface area contributed by atoms with Gasteiger partial charge in [-0.15, -0.1) is 5.56 Å². The summed E-state index contributed by atoms with van der Waals surface area (Å²) in [5, 5.41) is 13.1. The van der Waals surface area contributed by atoms with E-state index in [2.05, 4.69) is 27.5 Å². The molecule has 0 spiro atoms. The number of nitrogens with zero attached hydrogens (tertiary/aromatic N) is 4. The number of aliphatic hydroxyl groups is 1. The first-order valence-corrected chi connectivity index (χ1v) is 11.6. The maximum atomic E-state index is 13.6. The monoisotopic (exact) mass is 650 g/mol. The van der Waals surface area contributed by atoms with Gasteiger partial charge in [-0.25, -0.2) is 8.78 Å². The van der Waals surface area contributed by atoms with E-state index >= 15 is 0 Å². The second-order valence-electron chi connectivity index (χ2n) is 8.74. The Bertz CT molecular complexity index is 1540. The number of pyridine rings is 2. The number of benzene rings is 2. The van der Waals surface area contributed by atoms with Gasteiger partial charge in [0.1, 0.15) is 0 Å². The summed E-state index contributed by atoms with van der Waals surface area (Å²) < 4.78 is 28.7. The van der Waals surface area contributed by atoms with Gasteiger partial charge >= 0.3 is 75.2 Å². The summed E-state index contributed by atoms with van der Waals surface area (Å²) in [5.74, 6) is -2.90. The Balaban J connectivity index is 0.00000200. The van der Waals surface area contributed by atoms with E-state index in [1.165, 1.54) is 12.1 Å². The fraction of sp³-hybridized carbons (Fsp3) is 0.172. The molecule has 0 amide bonds. The van der Waals surface area contributed by atoms with Crippen molar-refractivity contribution in [3.8, 4) is 0 Å². The quantitative estimate of drug-likeness (QED) is 0.287. The fourth-order valence-electron chi connectivity index (χ4n) is 4.27. The molecule has 0 bridgehead atoms. The van der Waals surface area contributed by atoms with Crippen LogP contribution in [-0.2, 0) is 25.0 Å². The molecular weight excluding hydrogens is 627 g/mol. The number of hydrogen-bond acceptors (Lipinski definition) is 3. The van der Waals surface area contributed by atoms with Gasteiger partial charge in [-0.3, -0.25) is 4.98 Å². The van der Waals surface area contributed by atoms with Crippen LogP contribution in [0.2, 0.25) is 5.02 Å². The first-order valence-electron chi connectivity index (χ1n) is 11.2. The Hall–Kier alpha value is -1.81. The molecule has 0 saturated carbocycles.